The molecule has 2 fully saturated rings. The third-order valence-electron chi connectivity index (χ3n) is 5.46. The molecule has 0 unspecified atom stereocenters. The van der Waals surface area contributed by atoms with Gasteiger partial charge in [0.1, 0.15) is 37.0 Å². The molecule has 0 spiro atoms. The number of ether oxygens (including phenoxy) is 5. The van der Waals surface area contributed by atoms with Gasteiger partial charge in [0.2, 0.25) is 0 Å². The molecule has 2 aliphatic heterocycles. The van der Waals surface area contributed by atoms with Crippen molar-refractivity contribution in [3.63, 3.8) is 0 Å². The number of carboxylic acids is 2. The summed E-state index contributed by atoms with van der Waals surface area (Å²) in [6.45, 7) is 1.42. The van der Waals surface area contributed by atoms with Gasteiger partial charge in [0.25, 0.3) is 0 Å². The number of benzene rings is 1. The fourth-order valence-electron chi connectivity index (χ4n) is 3.56. The van der Waals surface area contributed by atoms with Gasteiger partial charge in [0.05, 0.1) is 33.0 Å². The van der Waals surface area contributed by atoms with E-state index in [1.807, 2.05) is 18.2 Å². The summed E-state index contributed by atoms with van der Waals surface area (Å²) in [4.78, 5) is 35.1. The number of carbonyl (C=O) groups excluding carboxylic acids is 2. The molecule has 0 aliphatic carbocycles. The number of hydrogen-bond acceptors (Lipinski definition) is 9. The highest BCUT2D eigenvalue weighted by atomic mass is 19.4. The first-order valence-electron chi connectivity index (χ1n) is 11.9. The minimum Gasteiger partial charge on any atom is -0.542 e. The third-order valence-corrected chi connectivity index (χ3v) is 5.46. The van der Waals surface area contributed by atoms with Crippen LogP contribution in [-0.2, 0) is 39.9 Å². The minimum absolute atomic E-state index is 0.0310. The predicted molar refractivity (Wildman–Crippen MR) is 125 cm³/mol. The van der Waals surface area contributed by atoms with Gasteiger partial charge in [-0.3, -0.25) is 16.5 Å². The lowest BCUT2D eigenvalue weighted by Crippen LogP contribution is -2.78. The molecular weight excluding hydrogens is 549 g/mol. The Labute approximate surface area is 226 Å². The van der Waals surface area contributed by atoms with E-state index in [1.54, 1.807) is 12.1 Å². The highest BCUT2D eigenvalue weighted by Crippen LogP contribution is 2.30. The number of nitrogens with one attached hydrogen (secondary N) is 2. The number of carboxylic acid groups (broad SMARTS) is 2. The summed E-state index contributed by atoms with van der Waals surface area (Å²) in [6, 6.07) is 7.79. The number of alkyl carbamates (subject to hydrolysis) is 1. The first-order chi connectivity index (χ1) is 18.9. The third kappa shape index (κ3) is 11.2. The molecular formula is C23H31F3N4O10. The van der Waals surface area contributed by atoms with Crippen LogP contribution in [0.15, 0.2) is 30.3 Å². The fraction of sp³-hybridized carbons (Fsp3) is 0.565. The lowest BCUT2D eigenvalue weighted by atomic mass is 10.1. The second-order valence-corrected chi connectivity index (χ2v) is 8.49. The van der Waals surface area contributed by atoms with Gasteiger partial charge in [0, 0.05) is 6.42 Å². The zero-order valence-corrected chi connectivity index (χ0v) is 21.1. The van der Waals surface area contributed by atoms with Crippen LogP contribution >= 0.6 is 0 Å². The van der Waals surface area contributed by atoms with Crippen LogP contribution in [0.1, 0.15) is 12.0 Å². The average Bonchev–Trinajstić information content (AvgIpc) is 3.48. The zero-order chi connectivity index (χ0) is 29.7. The molecule has 17 heteroatoms. The van der Waals surface area contributed by atoms with Crippen LogP contribution in [0.25, 0.3) is 0 Å². The lowest BCUT2D eigenvalue weighted by Gasteiger charge is -2.20. The minimum atomic E-state index is -5.19. The van der Waals surface area contributed by atoms with Gasteiger partial charge in [-0.25, -0.2) is 9.59 Å². The molecule has 1 amide bonds. The maximum absolute atomic E-state index is 12.0. The van der Waals surface area contributed by atoms with Crippen molar-refractivity contribution in [2.75, 3.05) is 33.0 Å². The van der Waals surface area contributed by atoms with Crippen LogP contribution in [0.2, 0.25) is 0 Å². The van der Waals surface area contributed by atoms with Crippen molar-refractivity contribution in [3.05, 3.63) is 35.9 Å². The van der Waals surface area contributed by atoms with Crippen LogP contribution in [-0.4, -0.2) is 98.7 Å². The second kappa shape index (κ2) is 15.8. The molecule has 2 heterocycles. The lowest BCUT2D eigenvalue weighted by molar-refractivity contribution is -0.460. The van der Waals surface area contributed by atoms with Crippen molar-refractivity contribution in [3.8, 4) is 0 Å². The van der Waals surface area contributed by atoms with E-state index >= 15 is 0 Å². The number of amides is 1. The number of alkyl halides is 3. The fourth-order valence-corrected chi connectivity index (χ4v) is 3.56. The summed E-state index contributed by atoms with van der Waals surface area (Å²) in [7, 11) is 0. The van der Waals surface area contributed by atoms with Gasteiger partial charge < -0.3 is 44.0 Å². The Bertz CT molecular complexity index is 995. The molecule has 0 aromatic heterocycles. The number of hydrogen-bond donors (Lipinski definition) is 5. The first-order valence-corrected chi connectivity index (χ1v) is 11.9. The molecule has 0 radical (unpaired) electrons. The van der Waals surface area contributed by atoms with Crippen molar-refractivity contribution in [2.24, 2.45) is 11.5 Å². The van der Waals surface area contributed by atoms with E-state index in [0.717, 1.165) is 5.56 Å². The summed E-state index contributed by atoms with van der Waals surface area (Å²) in [5.74, 6) is -4.08. The topological polar surface area (TPSA) is 219 Å². The Kier molecular flexibility index (Phi) is 12.9. The number of aliphatic carboxylic acids is 2. The van der Waals surface area contributed by atoms with Crippen molar-refractivity contribution in [1.29, 1.82) is 0 Å². The quantitative estimate of drug-likeness (QED) is 0.0948. The SMILES string of the molecule is NC(N)=[NH+]CCCO[C@@H]1CO[C@H]2[C@@H]1OC[C@@H]2OC[C@H](NC(=O)OCc1ccccc1)C(=O)O.O=C([O-])C(F)(F)F. The molecule has 1 aromatic rings. The Morgan fingerprint density at radius 1 is 1.10 bits per heavy atom. The van der Waals surface area contributed by atoms with Gasteiger partial charge in [0.15, 0.2) is 6.04 Å². The summed E-state index contributed by atoms with van der Waals surface area (Å²) in [5.41, 5.74) is 11.5. The number of fused-ring (bicyclic) bond motifs is 1. The van der Waals surface area contributed by atoms with Crippen molar-refractivity contribution in [1.82, 2.24) is 5.32 Å². The number of guanidine groups is 1. The van der Waals surface area contributed by atoms with E-state index in [2.05, 4.69) is 10.3 Å². The van der Waals surface area contributed by atoms with E-state index in [1.165, 1.54) is 0 Å². The van der Waals surface area contributed by atoms with E-state index in [9.17, 15) is 27.9 Å². The van der Waals surface area contributed by atoms with E-state index < -0.39 is 36.4 Å². The van der Waals surface area contributed by atoms with Gasteiger partial charge in [-0.1, -0.05) is 30.3 Å². The molecule has 1 aromatic carbocycles. The largest absolute Gasteiger partial charge is 0.542 e. The van der Waals surface area contributed by atoms with Crippen LogP contribution in [0, 0.1) is 0 Å². The van der Waals surface area contributed by atoms with Gasteiger partial charge in [-0.15, -0.1) is 0 Å². The Hall–Kier alpha value is -3.67. The highest BCUT2D eigenvalue weighted by molar-refractivity contribution is 5.80. The van der Waals surface area contributed by atoms with Gasteiger partial charge >= 0.3 is 24.2 Å². The standard InChI is InChI=1S/C21H30N4O8.C2HF3O2/c22-20(23)24-7-4-8-29-15-11-31-18-16(12-32-17(15)18)30-10-14(19(26)27)25-21(28)33-9-13-5-2-1-3-6-13;3-2(4,5)1(6)7/h1-3,5-6,14-18H,4,7-12H2,(H,25,28)(H,26,27)(H4,22,23,24);(H,6,7)/t14-,15+,16-,17+,18+;/m0./s1. The molecule has 3 rings (SSSR count). The predicted octanol–water partition coefficient (Wildman–Crippen LogP) is -3.02. The molecule has 0 bridgehead atoms. The van der Waals surface area contributed by atoms with E-state index in [4.69, 9.17) is 45.1 Å². The average molecular weight is 581 g/mol. The smallest absolute Gasteiger partial charge is 0.430 e. The van der Waals surface area contributed by atoms with Crippen molar-refractivity contribution in [2.45, 2.75) is 49.7 Å². The Balaban J connectivity index is 0.000000708. The van der Waals surface area contributed by atoms with Crippen molar-refractivity contribution >= 4 is 24.0 Å². The molecule has 2 saturated heterocycles. The zero-order valence-electron chi connectivity index (χ0n) is 21.1. The summed E-state index contributed by atoms with van der Waals surface area (Å²) < 4.78 is 59.7. The van der Waals surface area contributed by atoms with Crippen LogP contribution in [0.3, 0.4) is 0 Å². The number of rotatable bonds is 12. The number of halogens is 3. The molecule has 40 heavy (non-hydrogen) atoms. The van der Waals surface area contributed by atoms with Crippen molar-refractivity contribution < 1.29 is 66.4 Å². The molecule has 2 aliphatic rings. The first kappa shape index (κ1) is 32.5. The normalized spacial score (nSPS) is 22.3. The monoisotopic (exact) mass is 580 g/mol. The summed E-state index contributed by atoms with van der Waals surface area (Å²) in [6.07, 6.45) is -6.73. The molecule has 5 atom stereocenters. The summed E-state index contributed by atoms with van der Waals surface area (Å²) >= 11 is 0. The molecule has 224 valence electrons. The maximum atomic E-state index is 12.0. The number of carbonyl (C=O) groups is 3. The number of nitrogens with two attached hydrogens (primary N) is 2. The van der Waals surface area contributed by atoms with E-state index in [-0.39, 0.29) is 44.1 Å². The summed E-state index contributed by atoms with van der Waals surface area (Å²) in [5, 5.41) is 20.5. The van der Waals surface area contributed by atoms with Crippen LogP contribution in [0.5, 0.6) is 0 Å². The van der Waals surface area contributed by atoms with E-state index in [0.29, 0.717) is 26.2 Å². The molecule has 0 saturated carbocycles. The molecule has 14 nitrogen and oxygen atoms in total. The maximum Gasteiger partial charge on any atom is 0.430 e. The highest BCUT2D eigenvalue weighted by Gasteiger charge is 2.49. The van der Waals surface area contributed by atoms with Crippen LogP contribution < -0.4 is 26.9 Å². The molecule has 7 N–H and O–H groups in total. The van der Waals surface area contributed by atoms with Crippen LogP contribution in [0.4, 0.5) is 18.0 Å². The second-order valence-electron chi connectivity index (χ2n) is 8.49. The Morgan fingerprint density at radius 2 is 1.68 bits per heavy atom. The van der Waals surface area contributed by atoms with Gasteiger partial charge in [-0.05, 0) is 5.56 Å². The Morgan fingerprint density at radius 3 is 2.20 bits per heavy atom. The van der Waals surface area contributed by atoms with Gasteiger partial charge in [-0.2, -0.15) is 13.2 Å².